The fraction of sp³-hybridized carbons (Fsp3) is 0.382. The van der Waals surface area contributed by atoms with Crippen LogP contribution in [0.2, 0.25) is 5.02 Å². The maximum Gasteiger partial charge on any atom is 0.416 e. The lowest BCUT2D eigenvalue weighted by Gasteiger charge is -2.35. The quantitative estimate of drug-likeness (QED) is 0.184. The average Bonchev–Trinajstić information content (AvgIpc) is 3.34. The van der Waals surface area contributed by atoms with Gasteiger partial charge in [0.25, 0.3) is 0 Å². The second-order valence-corrected chi connectivity index (χ2v) is 11.3. The Hall–Kier alpha value is -3.48. The van der Waals surface area contributed by atoms with Gasteiger partial charge >= 0.3 is 6.09 Å². The van der Waals surface area contributed by atoms with Crippen LogP contribution in [-0.4, -0.2) is 53.7 Å². The van der Waals surface area contributed by atoms with Crippen molar-refractivity contribution >= 4 is 28.6 Å². The number of aromatic amines is 1. The molecule has 7 heteroatoms. The fourth-order valence-electron chi connectivity index (χ4n) is 5.76. The summed E-state index contributed by atoms with van der Waals surface area (Å²) in [6.45, 7) is 11.0. The predicted octanol–water partition coefficient (Wildman–Crippen LogP) is 8.17. The van der Waals surface area contributed by atoms with Crippen molar-refractivity contribution in [2.24, 2.45) is 0 Å². The first-order chi connectivity index (χ1) is 20.0. The van der Waals surface area contributed by atoms with Crippen LogP contribution in [0.1, 0.15) is 61.5 Å². The summed E-state index contributed by atoms with van der Waals surface area (Å²) >= 11 is 6.36. The van der Waals surface area contributed by atoms with Crippen molar-refractivity contribution in [1.82, 2.24) is 14.8 Å². The summed E-state index contributed by atoms with van der Waals surface area (Å²) in [4.78, 5) is 21.5. The van der Waals surface area contributed by atoms with Gasteiger partial charge in [-0.15, -0.1) is 0 Å². The van der Waals surface area contributed by atoms with Crippen LogP contribution in [0.15, 0.2) is 66.7 Å². The molecule has 216 valence electrons. The Morgan fingerprint density at radius 1 is 0.976 bits per heavy atom. The molecule has 1 amide bonds. The van der Waals surface area contributed by atoms with Crippen molar-refractivity contribution in [2.45, 2.75) is 52.5 Å². The Labute approximate surface area is 248 Å². The van der Waals surface area contributed by atoms with E-state index in [4.69, 9.17) is 21.1 Å². The van der Waals surface area contributed by atoms with Gasteiger partial charge in [-0.25, -0.2) is 4.79 Å². The summed E-state index contributed by atoms with van der Waals surface area (Å²) in [6, 6.07) is 21.2. The highest BCUT2D eigenvalue weighted by Crippen LogP contribution is 2.40. The normalized spacial score (nSPS) is 14.9. The van der Waals surface area contributed by atoms with Crippen molar-refractivity contribution in [3.8, 4) is 11.5 Å². The van der Waals surface area contributed by atoms with Gasteiger partial charge in [-0.1, -0.05) is 55.3 Å². The van der Waals surface area contributed by atoms with Crippen LogP contribution < -0.4 is 9.47 Å². The van der Waals surface area contributed by atoms with E-state index in [9.17, 15) is 4.79 Å². The summed E-state index contributed by atoms with van der Waals surface area (Å²) in [7, 11) is 0. The summed E-state index contributed by atoms with van der Waals surface area (Å²) in [5.74, 6) is 1.37. The van der Waals surface area contributed by atoms with Gasteiger partial charge in [-0.3, -0.25) is 4.90 Å². The Bertz CT molecular complexity index is 1440. The molecule has 6 nitrogen and oxygen atoms in total. The van der Waals surface area contributed by atoms with E-state index in [1.807, 2.05) is 66.4 Å². The third-order valence-electron chi connectivity index (χ3n) is 7.71. The molecule has 0 saturated carbocycles. The number of nitrogens with one attached hydrogen (secondary N) is 1. The van der Waals surface area contributed by atoms with Crippen LogP contribution in [-0.2, 0) is 6.42 Å². The van der Waals surface area contributed by atoms with E-state index >= 15 is 0 Å². The minimum absolute atomic E-state index is 0.325. The van der Waals surface area contributed by atoms with E-state index in [0.717, 1.165) is 59.5 Å². The number of hydrogen-bond acceptors (Lipinski definition) is 4. The van der Waals surface area contributed by atoms with Gasteiger partial charge in [-0.05, 0) is 99.3 Å². The number of aryl methyl sites for hydroxylation is 1. The molecule has 1 aliphatic heterocycles. The molecule has 1 aliphatic rings. The smallest absolute Gasteiger partial charge is 0.416 e. The summed E-state index contributed by atoms with van der Waals surface area (Å²) in [6.07, 6.45) is 3.67. The summed E-state index contributed by atoms with van der Waals surface area (Å²) < 4.78 is 11.9. The van der Waals surface area contributed by atoms with E-state index in [-0.39, 0.29) is 12.1 Å². The monoisotopic (exact) mass is 573 g/mol. The molecule has 1 atom stereocenters. The third-order valence-corrected chi connectivity index (χ3v) is 7.95. The van der Waals surface area contributed by atoms with Crippen LogP contribution in [0.25, 0.3) is 10.9 Å². The second-order valence-electron chi connectivity index (χ2n) is 10.8. The Morgan fingerprint density at radius 3 is 2.39 bits per heavy atom. The minimum Gasteiger partial charge on any atom is -0.494 e. The van der Waals surface area contributed by atoms with Crippen molar-refractivity contribution < 1.29 is 14.3 Å². The molecule has 0 bridgehead atoms. The number of ether oxygens (including phenoxy) is 2. The van der Waals surface area contributed by atoms with E-state index < -0.39 is 0 Å². The molecule has 1 N–H and O–H groups in total. The minimum atomic E-state index is -0.370. The molecule has 1 aromatic heterocycles. The molecule has 0 aliphatic carbocycles. The molecule has 2 heterocycles. The number of fused-ring (bicyclic) bond motifs is 3. The first kappa shape index (κ1) is 29.0. The second kappa shape index (κ2) is 13.5. The van der Waals surface area contributed by atoms with Gasteiger partial charge in [0, 0.05) is 34.7 Å². The highest BCUT2D eigenvalue weighted by molar-refractivity contribution is 6.31. The van der Waals surface area contributed by atoms with Gasteiger partial charge < -0.3 is 19.4 Å². The molecule has 0 fully saturated rings. The molecular weight excluding hydrogens is 534 g/mol. The number of benzene rings is 3. The highest BCUT2D eigenvalue weighted by atomic mass is 35.5. The molecule has 5 rings (SSSR count). The fourth-order valence-corrected chi connectivity index (χ4v) is 5.93. The average molecular weight is 574 g/mol. The third kappa shape index (κ3) is 6.88. The lowest BCUT2D eigenvalue weighted by Crippen LogP contribution is -2.42. The topological polar surface area (TPSA) is 57.8 Å². The van der Waals surface area contributed by atoms with Gasteiger partial charge in [0.15, 0.2) is 0 Å². The van der Waals surface area contributed by atoms with Crippen molar-refractivity contribution in [3.05, 3.63) is 94.1 Å². The lowest BCUT2D eigenvalue weighted by molar-refractivity contribution is 0.135. The van der Waals surface area contributed by atoms with Crippen LogP contribution in [0.5, 0.6) is 11.5 Å². The number of halogens is 1. The highest BCUT2D eigenvalue weighted by Gasteiger charge is 2.35. The van der Waals surface area contributed by atoms with Gasteiger partial charge in [0.05, 0.1) is 6.61 Å². The number of nitrogens with zero attached hydrogens (tertiary/aromatic N) is 2. The van der Waals surface area contributed by atoms with Crippen molar-refractivity contribution in [2.75, 3.05) is 32.8 Å². The standard InChI is InChI=1S/C34H40ClN3O3/c1-4-18-37(19-5-2)20-6-22-40-27-14-9-25(10-15-27)33-32-29(30-23-26(35)11-16-31(30)36-32)17-21-38(33)34(39)41-28-12-7-24(3)8-13-28/h7-16,23,33,36H,4-6,17-22H2,1-3H3. The molecular formula is C34H40ClN3O3. The summed E-state index contributed by atoms with van der Waals surface area (Å²) in [5, 5.41) is 1.80. The van der Waals surface area contributed by atoms with E-state index in [2.05, 4.69) is 35.9 Å². The molecule has 1 unspecified atom stereocenters. The number of hydrogen-bond donors (Lipinski definition) is 1. The van der Waals surface area contributed by atoms with Gasteiger partial charge in [0.1, 0.15) is 17.5 Å². The first-order valence-corrected chi connectivity index (χ1v) is 15.1. The maximum atomic E-state index is 13.5. The SMILES string of the molecule is CCCN(CCC)CCCOc1ccc(C2c3[nH]c4ccc(Cl)cc4c3CCN2C(=O)Oc2ccc(C)cc2)cc1. The van der Waals surface area contributed by atoms with Crippen molar-refractivity contribution in [1.29, 1.82) is 0 Å². The summed E-state index contributed by atoms with van der Waals surface area (Å²) in [5.41, 5.74) is 5.31. The van der Waals surface area contributed by atoms with Crippen LogP contribution in [0, 0.1) is 6.92 Å². The number of carbonyl (C=O) groups excluding carboxylic acids is 1. The number of H-pyrrole nitrogens is 1. The zero-order chi connectivity index (χ0) is 28.8. The molecule has 4 aromatic rings. The number of amides is 1. The Balaban J connectivity index is 1.36. The zero-order valence-electron chi connectivity index (χ0n) is 24.3. The molecule has 0 spiro atoms. The first-order valence-electron chi connectivity index (χ1n) is 14.8. The maximum absolute atomic E-state index is 13.5. The molecule has 3 aromatic carbocycles. The number of rotatable bonds is 11. The zero-order valence-corrected chi connectivity index (χ0v) is 25.0. The predicted molar refractivity (Wildman–Crippen MR) is 166 cm³/mol. The molecule has 0 radical (unpaired) electrons. The van der Waals surface area contributed by atoms with Gasteiger partial charge in [-0.2, -0.15) is 0 Å². The Kier molecular flexibility index (Phi) is 9.53. The number of aromatic nitrogens is 1. The van der Waals surface area contributed by atoms with E-state index in [1.165, 1.54) is 18.4 Å². The number of carbonyl (C=O) groups is 1. The van der Waals surface area contributed by atoms with E-state index in [0.29, 0.717) is 30.3 Å². The lowest BCUT2D eigenvalue weighted by atomic mass is 9.92. The largest absolute Gasteiger partial charge is 0.494 e. The van der Waals surface area contributed by atoms with Crippen LogP contribution >= 0.6 is 11.6 Å². The van der Waals surface area contributed by atoms with E-state index in [1.54, 1.807) is 0 Å². The molecule has 41 heavy (non-hydrogen) atoms. The molecule has 0 saturated heterocycles. The Morgan fingerprint density at radius 2 is 1.68 bits per heavy atom. The van der Waals surface area contributed by atoms with Crippen LogP contribution in [0.4, 0.5) is 4.79 Å². The van der Waals surface area contributed by atoms with Crippen LogP contribution in [0.3, 0.4) is 0 Å². The van der Waals surface area contributed by atoms with Crippen molar-refractivity contribution in [3.63, 3.8) is 0 Å². The van der Waals surface area contributed by atoms with Gasteiger partial charge in [0.2, 0.25) is 0 Å².